The monoisotopic (exact) mass is 432 g/mol. The lowest BCUT2D eigenvalue weighted by molar-refractivity contribution is -0.274. The van der Waals surface area contributed by atoms with Gasteiger partial charge in [0, 0.05) is 16.5 Å². The Morgan fingerprint density at radius 2 is 1.71 bits per heavy atom. The fraction of sp³-hybridized carbons (Fsp3) is 0.222. The second-order valence-electron chi connectivity index (χ2n) is 6.36. The second-order valence-corrected chi connectivity index (χ2v) is 7.24. The Kier molecular flexibility index (Phi) is 5.20. The molecule has 1 fully saturated rings. The van der Waals surface area contributed by atoms with Crippen LogP contribution in [0.5, 0.6) is 5.75 Å². The van der Waals surface area contributed by atoms with Crippen molar-refractivity contribution in [3.8, 4) is 5.75 Å². The molecule has 1 unspecified atom stereocenters. The summed E-state index contributed by atoms with van der Waals surface area (Å²) < 4.78 is 41.9. The van der Waals surface area contributed by atoms with Crippen LogP contribution < -0.4 is 15.0 Å². The Hall–Kier alpha value is -2.45. The molecule has 0 radical (unpaired) electrons. The molecule has 0 aliphatic carbocycles. The molecule has 0 bridgehead atoms. The lowest BCUT2D eigenvalue weighted by Crippen LogP contribution is -2.46. The molecule has 1 N–H and O–H groups in total. The first-order chi connectivity index (χ1) is 13.0. The van der Waals surface area contributed by atoms with E-state index in [1.165, 1.54) is 43.3 Å². The Morgan fingerprint density at radius 3 is 2.32 bits per heavy atom. The van der Waals surface area contributed by atoms with E-state index in [1.807, 2.05) is 0 Å². The Bertz CT molecular complexity index is 932. The SMILES string of the molecule is CC1(Cc2ccccc2OC(F)(F)F)NC(=O)N(c2cc(Cl)cc(Cl)c2)C1=O. The molecule has 1 heterocycles. The van der Waals surface area contributed by atoms with Gasteiger partial charge in [0.05, 0.1) is 5.69 Å². The minimum absolute atomic E-state index is 0.113. The van der Waals surface area contributed by atoms with Gasteiger partial charge >= 0.3 is 12.4 Å². The molecule has 0 aromatic heterocycles. The van der Waals surface area contributed by atoms with Crippen LogP contribution in [0.1, 0.15) is 12.5 Å². The van der Waals surface area contributed by atoms with Crippen LogP contribution in [0.2, 0.25) is 10.0 Å². The molecular formula is C18H13Cl2F3N2O3. The first-order valence-corrected chi connectivity index (χ1v) is 8.70. The number of anilines is 1. The Morgan fingerprint density at radius 1 is 1.11 bits per heavy atom. The Labute approximate surface area is 168 Å². The van der Waals surface area contributed by atoms with Gasteiger partial charge in [-0.05, 0) is 36.8 Å². The van der Waals surface area contributed by atoms with Crippen LogP contribution in [0.4, 0.5) is 23.7 Å². The molecule has 1 aliphatic rings. The maximum Gasteiger partial charge on any atom is 0.573 e. The zero-order valence-electron chi connectivity index (χ0n) is 14.3. The third kappa shape index (κ3) is 4.18. The number of nitrogens with zero attached hydrogens (tertiary/aromatic N) is 1. The van der Waals surface area contributed by atoms with Gasteiger partial charge in [0.15, 0.2) is 0 Å². The summed E-state index contributed by atoms with van der Waals surface area (Å²) in [4.78, 5) is 26.2. The summed E-state index contributed by atoms with van der Waals surface area (Å²) in [6.07, 6.45) is -5.10. The van der Waals surface area contributed by atoms with Crippen molar-refractivity contribution in [2.75, 3.05) is 4.90 Å². The average molecular weight is 433 g/mol. The lowest BCUT2D eigenvalue weighted by atomic mass is 9.92. The molecule has 2 aromatic rings. The molecule has 3 amide bonds. The number of ether oxygens (including phenoxy) is 1. The van der Waals surface area contributed by atoms with Crippen molar-refractivity contribution >= 4 is 40.8 Å². The minimum Gasteiger partial charge on any atom is -0.406 e. The van der Waals surface area contributed by atoms with Gasteiger partial charge in [-0.15, -0.1) is 13.2 Å². The van der Waals surface area contributed by atoms with Gasteiger partial charge in [-0.25, -0.2) is 9.69 Å². The number of rotatable bonds is 4. The highest BCUT2D eigenvalue weighted by molar-refractivity contribution is 6.35. The van der Waals surface area contributed by atoms with Gasteiger partial charge in [-0.3, -0.25) is 4.79 Å². The van der Waals surface area contributed by atoms with Gasteiger partial charge in [-0.2, -0.15) is 0 Å². The average Bonchev–Trinajstić information content (AvgIpc) is 2.76. The predicted molar refractivity (Wildman–Crippen MR) is 97.7 cm³/mol. The molecule has 2 aromatic carbocycles. The van der Waals surface area contributed by atoms with Crippen LogP contribution in [-0.2, 0) is 11.2 Å². The van der Waals surface area contributed by atoms with E-state index in [-0.39, 0.29) is 27.7 Å². The van der Waals surface area contributed by atoms with Gasteiger partial charge in [-0.1, -0.05) is 41.4 Å². The predicted octanol–water partition coefficient (Wildman–Crippen LogP) is 4.95. The van der Waals surface area contributed by atoms with E-state index in [9.17, 15) is 22.8 Å². The summed E-state index contributed by atoms with van der Waals surface area (Å²) in [6, 6.07) is 8.90. The molecule has 148 valence electrons. The first-order valence-electron chi connectivity index (χ1n) is 7.95. The third-order valence-electron chi connectivity index (χ3n) is 4.11. The number of hydrogen-bond acceptors (Lipinski definition) is 3. The fourth-order valence-corrected chi connectivity index (χ4v) is 3.48. The summed E-state index contributed by atoms with van der Waals surface area (Å²) in [7, 11) is 0. The second kappa shape index (κ2) is 7.18. The van der Waals surface area contributed by atoms with Crippen LogP contribution in [0.25, 0.3) is 0 Å². The number of imide groups is 1. The topological polar surface area (TPSA) is 58.6 Å². The van der Waals surface area contributed by atoms with Crippen LogP contribution >= 0.6 is 23.2 Å². The molecular weight excluding hydrogens is 420 g/mol. The first kappa shape index (κ1) is 20.3. The number of amides is 3. The molecule has 3 rings (SSSR count). The number of carbonyl (C=O) groups excluding carboxylic acids is 2. The molecule has 10 heteroatoms. The smallest absolute Gasteiger partial charge is 0.406 e. The van der Waals surface area contributed by atoms with Gasteiger partial charge < -0.3 is 10.1 Å². The normalized spacial score (nSPS) is 19.7. The number of urea groups is 1. The molecule has 28 heavy (non-hydrogen) atoms. The van der Waals surface area contributed by atoms with Crippen molar-refractivity contribution in [2.45, 2.75) is 25.2 Å². The highest BCUT2D eigenvalue weighted by Gasteiger charge is 2.49. The lowest BCUT2D eigenvalue weighted by Gasteiger charge is -2.23. The van der Waals surface area contributed by atoms with Crippen molar-refractivity contribution in [3.05, 3.63) is 58.1 Å². The highest BCUT2D eigenvalue weighted by atomic mass is 35.5. The molecule has 5 nitrogen and oxygen atoms in total. The number of para-hydroxylation sites is 1. The van der Waals surface area contributed by atoms with Crippen LogP contribution in [0.15, 0.2) is 42.5 Å². The van der Waals surface area contributed by atoms with Crippen molar-refractivity contribution in [3.63, 3.8) is 0 Å². The van der Waals surface area contributed by atoms with E-state index in [0.29, 0.717) is 0 Å². The molecule has 1 saturated heterocycles. The summed E-state index contributed by atoms with van der Waals surface area (Å²) in [6.45, 7) is 1.42. The van der Waals surface area contributed by atoms with E-state index in [2.05, 4.69) is 10.1 Å². The van der Waals surface area contributed by atoms with E-state index in [1.54, 1.807) is 0 Å². The zero-order valence-corrected chi connectivity index (χ0v) is 15.8. The van der Waals surface area contributed by atoms with E-state index >= 15 is 0 Å². The summed E-state index contributed by atoms with van der Waals surface area (Å²) >= 11 is 11.9. The maximum absolute atomic E-state index is 13.0. The third-order valence-corrected chi connectivity index (χ3v) is 4.55. The van der Waals surface area contributed by atoms with Crippen molar-refractivity contribution in [1.82, 2.24) is 5.32 Å². The Balaban J connectivity index is 1.92. The van der Waals surface area contributed by atoms with E-state index < -0.39 is 29.6 Å². The van der Waals surface area contributed by atoms with Crippen LogP contribution in [0.3, 0.4) is 0 Å². The number of halogens is 5. The number of hydrogen-bond donors (Lipinski definition) is 1. The molecule has 1 atom stereocenters. The van der Waals surface area contributed by atoms with Crippen LogP contribution in [0, 0.1) is 0 Å². The summed E-state index contributed by atoms with van der Waals surface area (Å²) in [5.74, 6) is -1.10. The van der Waals surface area contributed by atoms with E-state index in [0.717, 1.165) is 11.0 Å². The maximum atomic E-state index is 13.0. The van der Waals surface area contributed by atoms with Gasteiger partial charge in [0.25, 0.3) is 5.91 Å². The fourth-order valence-electron chi connectivity index (χ4n) is 2.96. The van der Waals surface area contributed by atoms with E-state index in [4.69, 9.17) is 23.2 Å². The number of carbonyl (C=O) groups is 2. The van der Waals surface area contributed by atoms with Crippen molar-refractivity contribution in [1.29, 1.82) is 0 Å². The number of benzene rings is 2. The van der Waals surface area contributed by atoms with Crippen LogP contribution in [-0.4, -0.2) is 23.8 Å². The number of nitrogens with one attached hydrogen (secondary N) is 1. The van der Waals surface area contributed by atoms with Crippen molar-refractivity contribution < 1.29 is 27.5 Å². The van der Waals surface area contributed by atoms with Gasteiger partial charge in [0.1, 0.15) is 11.3 Å². The molecule has 1 aliphatic heterocycles. The summed E-state index contributed by atoms with van der Waals surface area (Å²) in [5, 5.41) is 2.97. The largest absolute Gasteiger partial charge is 0.573 e. The highest BCUT2D eigenvalue weighted by Crippen LogP contribution is 2.34. The molecule has 0 spiro atoms. The standard InChI is InChI=1S/C18H13Cl2F3N2O3/c1-17(9-10-4-2-3-5-14(10)28-18(21,22)23)15(26)25(16(27)24-17)13-7-11(19)6-12(20)8-13/h2-8H,9H2,1H3,(H,24,27). The minimum atomic E-state index is -4.89. The summed E-state index contributed by atoms with van der Waals surface area (Å²) in [5.41, 5.74) is -1.22. The number of alkyl halides is 3. The quantitative estimate of drug-likeness (QED) is 0.695. The van der Waals surface area contributed by atoms with Gasteiger partial charge in [0.2, 0.25) is 0 Å². The van der Waals surface area contributed by atoms with Crippen molar-refractivity contribution in [2.24, 2.45) is 0 Å². The molecule has 0 saturated carbocycles. The zero-order chi connectivity index (χ0) is 20.7.